The van der Waals surface area contributed by atoms with Crippen LogP contribution in [-0.4, -0.2) is 4.57 Å². The van der Waals surface area contributed by atoms with Gasteiger partial charge in [0.15, 0.2) is 5.58 Å². The van der Waals surface area contributed by atoms with E-state index in [1.165, 1.54) is 4.57 Å². The highest BCUT2D eigenvalue weighted by molar-refractivity contribution is 5.73. The first-order chi connectivity index (χ1) is 8.58. The van der Waals surface area contributed by atoms with Gasteiger partial charge in [0, 0.05) is 13.1 Å². The van der Waals surface area contributed by atoms with Gasteiger partial charge in [-0.2, -0.15) is 0 Å². The van der Waals surface area contributed by atoms with Crippen LogP contribution in [0.3, 0.4) is 0 Å². The number of hydrogen-bond donors (Lipinski definition) is 1. The minimum Gasteiger partial charge on any atom is -0.408 e. The Morgan fingerprint density at radius 2 is 2.00 bits per heavy atom. The first kappa shape index (κ1) is 12.9. The molecule has 0 spiro atoms. The Hall–Kier alpha value is -1.55. The van der Waals surface area contributed by atoms with Gasteiger partial charge in [0.2, 0.25) is 0 Å². The van der Waals surface area contributed by atoms with Gasteiger partial charge >= 0.3 is 5.76 Å². The van der Waals surface area contributed by atoms with E-state index in [1.54, 1.807) is 7.05 Å². The molecule has 0 amide bonds. The second-order valence-electron chi connectivity index (χ2n) is 4.76. The summed E-state index contributed by atoms with van der Waals surface area (Å²) in [4.78, 5) is 11.4. The largest absolute Gasteiger partial charge is 0.419 e. The highest BCUT2D eigenvalue weighted by Crippen LogP contribution is 2.27. The van der Waals surface area contributed by atoms with E-state index in [0.29, 0.717) is 11.5 Å². The summed E-state index contributed by atoms with van der Waals surface area (Å²) in [5.41, 5.74) is 8.72. The van der Waals surface area contributed by atoms with Crippen molar-refractivity contribution in [3.8, 4) is 0 Å². The van der Waals surface area contributed by atoms with E-state index in [2.05, 4.69) is 13.8 Å². The van der Waals surface area contributed by atoms with Crippen molar-refractivity contribution in [3.05, 3.63) is 34.3 Å². The van der Waals surface area contributed by atoms with Crippen LogP contribution in [0.4, 0.5) is 0 Å². The summed E-state index contributed by atoms with van der Waals surface area (Å²) in [6, 6.07) is 5.77. The molecular formula is C14H20N2O2. The third-order valence-electron chi connectivity index (χ3n) is 3.76. The summed E-state index contributed by atoms with van der Waals surface area (Å²) >= 11 is 0. The van der Waals surface area contributed by atoms with Crippen molar-refractivity contribution >= 4 is 11.1 Å². The molecule has 98 valence electrons. The lowest BCUT2D eigenvalue weighted by Crippen LogP contribution is -2.20. The molecule has 0 aliphatic heterocycles. The second kappa shape index (κ2) is 4.98. The quantitative estimate of drug-likeness (QED) is 0.904. The fourth-order valence-electron chi connectivity index (χ4n) is 2.43. The number of aromatic nitrogens is 1. The van der Waals surface area contributed by atoms with E-state index in [4.69, 9.17) is 10.2 Å². The molecule has 0 radical (unpaired) electrons. The number of rotatable bonds is 4. The van der Waals surface area contributed by atoms with Crippen molar-refractivity contribution in [1.82, 2.24) is 4.57 Å². The Bertz CT molecular complexity index is 593. The monoisotopic (exact) mass is 248 g/mol. The molecule has 0 bridgehead atoms. The Morgan fingerprint density at radius 3 is 2.61 bits per heavy atom. The maximum Gasteiger partial charge on any atom is 0.419 e. The number of nitrogens with two attached hydrogens (primary N) is 1. The zero-order chi connectivity index (χ0) is 13.3. The van der Waals surface area contributed by atoms with E-state index >= 15 is 0 Å². The molecule has 2 N–H and O–H groups in total. The van der Waals surface area contributed by atoms with Gasteiger partial charge in [-0.25, -0.2) is 4.79 Å². The van der Waals surface area contributed by atoms with Gasteiger partial charge < -0.3 is 10.2 Å². The molecule has 18 heavy (non-hydrogen) atoms. The summed E-state index contributed by atoms with van der Waals surface area (Å²) in [7, 11) is 1.70. The normalized spacial score (nSPS) is 13.4. The Labute approximate surface area is 106 Å². The van der Waals surface area contributed by atoms with Crippen LogP contribution in [0.2, 0.25) is 0 Å². The van der Waals surface area contributed by atoms with E-state index < -0.39 is 0 Å². The molecule has 0 saturated heterocycles. The fraction of sp³-hybridized carbons (Fsp3) is 0.500. The molecule has 1 aromatic heterocycles. The lowest BCUT2D eigenvalue weighted by atomic mass is 9.89. The van der Waals surface area contributed by atoms with Gasteiger partial charge in [-0.05, 0) is 23.6 Å². The smallest absolute Gasteiger partial charge is 0.408 e. The van der Waals surface area contributed by atoms with E-state index in [-0.39, 0.29) is 11.8 Å². The van der Waals surface area contributed by atoms with Crippen LogP contribution in [0, 0.1) is 5.92 Å². The van der Waals surface area contributed by atoms with Crippen molar-refractivity contribution in [2.24, 2.45) is 18.7 Å². The van der Waals surface area contributed by atoms with Gasteiger partial charge in [-0.1, -0.05) is 32.8 Å². The molecule has 2 rings (SSSR count). The third kappa shape index (κ3) is 2.08. The zero-order valence-electron chi connectivity index (χ0n) is 11.1. The van der Waals surface area contributed by atoms with Crippen molar-refractivity contribution in [1.29, 1.82) is 0 Å². The topological polar surface area (TPSA) is 61.2 Å². The van der Waals surface area contributed by atoms with Gasteiger partial charge in [-0.15, -0.1) is 0 Å². The first-order valence-electron chi connectivity index (χ1n) is 6.43. The summed E-state index contributed by atoms with van der Waals surface area (Å²) in [5, 5.41) is 0. The number of fused-ring (bicyclic) bond motifs is 1. The maximum atomic E-state index is 11.4. The van der Waals surface area contributed by atoms with Crippen molar-refractivity contribution < 1.29 is 4.42 Å². The minimum absolute atomic E-state index is 0.00471. The average molecular weight is 248 g/mol. The molecular weight excluding hydrogens is 228 g/mol. The highest BCUT2D eigenvalue weighted by Gasteiger charge is 2.17. The van der Waals surface area contributed by atoms with Gasteiger partial charge in [-0.3, -0.25) is 4.57 Å². The van der Waals surface area contributed by atoms with Crippen molar-refractivity contribution in [2.75, 3.05) is 0 Å². The molecule has 0 aliphatic carbocycles. The van der Waals surface area contributed by atoms with Gasteiger partial charge in [0.1, 0.15) is 0 Å². The number of aryl methyl sites for hydroxylation is 1. The average Bonchev–Trinajstić information content (AvgIpc) is 2.66. The van der Waals surface area contributed by atoms with E-state index in [1.807, 2.05) is 18.2 Å². The fourth-order valence-corrected chi connectivity index (χ4v) is 2.43. The Morgan fingerprint density at radius 1 is 1.33 bits per heavy atom. The predicted octanol–water partition coefficient (Wildman–Crippen LogP) is 2.57. The maximum absolute atomic E-state index is 11.4. The lowest BCUT2D eigenvalue weighted by Gasteiger charge is -2.21. The van der Waals surface area contributed by atoms with Crippen LogP contribution < -0.4 is 11.5 Å². The minimum atomic E-state index is -0.335. The standard InChI is InChI=1S/C14H20N2O2/c1-4-9(5-2)13(15)10-6-7-11-12(8-10)18-14(17)16(11)3/h6-9,13H,4-5,15H2,1-3H3. The molecule has 0 fully saturated rings. The van der Waals surface area contributed by atoms with Crippen LogP contribution in [0.1, 0.15) is 38.3 Å². The van der Waals surface area contributed by atoms with Crippen LogP contribution in [0.25, 0.3) is 11.1 Å². The highest BCUT2D eigenvalue weighted by atomic mass is 16.4. The first-order valence-corrected chi connectivity index (χ1v) is 6.43. The van der Waals surface area contributed by atoms with Crippen LogP contribution in [0.15, 0.2) is 27.4 Å². The SMILES string of the molecule is CCC(CC)C(N)c1ccc2c(c1)oc(=O)n2C. The Balaban J connectivity index is 2.44. The molecule has 2 aromatic rings. The molecule has 4 heteroatoms. The predicted molar refractivity (Wildman–Crippen MR) is 72.5 cm³/mol. The van der Waals surface area contributed by atoms with Crippen molar-refractivity contribution in [3.63, 3.8) is 0 Å². The molecule has 0 saturated carbocycles. The zero-order valence-corrected chi connectivity index (χ0v) is 11.1. The summed E-state index contributed by atoms with van der Waals surface area (Å²) < 4.78 is 6.69. The van der Waals surface area contributed by atoms with Crippen molar-refractivity contribution in [2.45, 2.75) is 32.7 Å². The molecule has 1 atom stereocenters. The number of oxazole rings is 1. The molecule has 4 nitrogen and oxygen atoms in total. The third-order valence-corrected chi connectivity index (χ3v) is 3.76. The number of benzene rings is 1. The summed E-state index contributed by atoms with van der Waals surface area (Å²) in [5.74, 6) is 0.121. The van der Waals surface area contributed by atoms with Crippen LogP contribution >= 0.6 is 0 Å². The lowest BCUT2D eigenvalue weighted by molar-refractivity contribution is 0.405. The molecule has 1 aromatic carbocycles. The number of nitrogens with zero attached hydrogens (tertiary/aromatic N) is 1. The van der Waals surface area contributed by atoms with Crippen LogP contribution in [-0.2, 0) is 7.05 Å². The van der Waals surface area contributed by atoms with Crippen LogP contribution in [0.5, 0.6) is 0 Å². The van der Waals surface area contributed by atoms with Gasteiger partial charge in [0.05, 0.1) is 5.52 Å². The van der Waals surface area contributed by atoms with Gasteiger partial charge in [0.25, 0.3) is 0 Å². The molecule has 1 heterocycles. The Kier molecular flexibility index (Phi) is 3.57. The molecule has 1 unspecified atom stereocenters. The summed E-state index contributed by atoms with van der Waals surface area (Å²) in [6.45, 7) is 4.30. The second-order valence-corrected chi connectivity index (χ2v) is 4.76. The number of hydrogen-bond acceptors (Lipinski definition) is 3. The van der Waals surface area contributed by atoms with E-state index in [9.17, 15) is 4.79 Å². The van der Waals surface area contributed by atoms with E-state index in [0.717, 1.165) is 23.9 Å². The molecule has 0 aliphatic rings. The summed E-state index contributed by atoms with van der Waals surface area (Å²) in [6.07, 6.45) is 2.10.